The Hall–Kier alpha value is -1.62. The molecule has 2 rings (SSSR count). The van der Waals surface area contributed by atoms with E-state index in [1.54, 1.807) is 13.1 Å². The molecule has 0 aromatic carbocycles. The Morgan fingerprint density at radius 2 is 2.33 bits per heavy atom. The zero-order valence-corrected chi connectivity index (χ0v) is 8.81. The molecule has 0 aliphatic heterocycles. The highest BCUT2D eigenvalue weighted by molar-refractivity contribution is 5.75. The van der Waals surface area contributed by atoms with Gasteiger partial charge < -0.3 is 10.0 Å². The van der Waals surface area contributed by atoms with Crippen LogP contribution in [0.4, 0.5) is 5.82 Å². The van der Waals surface area contributed by atoms with Crippen LogP contribution < -0.4 is 4.90 Å². The summed E-state index contributed by atoms with van der Waals surface area (Å²) in [6.07, 6.45) is 1.37. The lowest BCUT2D eigenvalue weighted by atomic mass is 10.3. The van der Waals surface area contributed by atoms with E-state index in [2.05, 4.69) is 15.2 Å². The molecule has 2 aromatic rings. The third-order valence-corrected chi connectivity index (χ3v) is 2.22. The van der Waals surface area contributed by atoms with Crippen molar-refractivity contribution in [3.63, 3.8) is 0 Å². The third kappa shape index (κ3) is 2.07. The molecule has 0 amide bonds. The van der Waals surface area contributed by atoms with Crippen molar-refractivity contribution >= 4 is 16.9 Å². The molecule has 0 fully saturated rings. The molecule has 0 bridgehead atoms. The molecule has 0 aliphatic rings. The van der Waals surface area contributed by atoms with E-state index < -0.39 is 0 Å². The van der Waals surface area contributed by atoms with Gasteiger partial charge >= 0.3 is 0 Å². The highest BCUT2D eigenvalue weighted by atomic mass is 16.3. The maximum atomic E-state index is 9.27. The van der Waals surface area contributed by atoms with Crippen molar-refractivity contribution < 1.29 is 5.11 Å². The first-order valence-electron chi connectivity index (χ1n) is 4.86. The van der Waals surface area contributed by atoms with Crippen LogP contribution in [0.15, 0.2) is 18.3 Å². The molecular formula is C10H14N4O. The Morgan fingerprint density at radius 3 is 3.07 bits per heavy atom. The number of H-pyrrole nitrogens is 1. The van der Waals surface area contributed by atoms with E-state index in [4.69, 9.17) is 0 Å². The highest BCUT2D eigenvalue weighted by Crippen LogP contribution is 2.14. The first-order chi connectivity index (χ1) is 7.16. The molecule has 0 radical (unpaired) electrons. The number of aromatic amines is 1. The van der Waals surface area contributed by atoms with Gasteiger partial charge in [-0.25, -0.2) is 4.98 Å². The van der Waals surface area contributed by atoms with Crippen molar-refractivity contribution in [1.29, 1.82) is 0 Å². The molecule has 0 spiro atoms. The van der Waals surface area contributed by atoms with Crippen molar-refractivity contribution in [3.05, 3.63) is 18.3 Å². The number of likely N-dealkylation sites (N-methyl/N-ethyl adjacent to an activating group) is 1. The Kier molecular flexibility index (Phi) is 2.55. The number of rotatable bonds is 3. The minimum atomic E-state index is -0.366. The van der Waals surface area contributed by atoms with Crippen molar-refractivity contribution in [1.82, 2.24) is 15.2 Å². The fraction of sp³-hybridized carbons (Fsp3) is 0.400. The van der Waals surface area contributed by atoms with Crippen LogP contribution in [0.2, 0.25) is 0 Å². The van der Waals surface area contributed by atoms with Gasteiger partial charge in [-0.2, -0.15) is 5.10 Å². The first-order valence-corrected chi connectivity index (χ1v) is 4.86. The summed E-state index contributed by atoms with van der Waals surface area (Å²) in [6.45, 7) is 2.32. The van der Waals surface area contributed by atoms with Gasteiger partial charge in [-0.1, -0.05) is 0 Å². The topological polar surface area (TPSA) is 65.0 Å². The molecule has 80 valence electrons. The summed E-state index contributed by atoms with van der Waals surface area (Å²) in [7, 11) is 1.90. The van der Waals surface area contributed by atoms with Crippen molar-refractivity contribution in [3.8, 4) is 0 Å². The van der Waals surface area contributed by atoms with Gasteiger partial charge in [0.15, 0.2) is 5.65 Å². The fourth-order valence-corrected chi connectivity index (χ4v) is 1.52. The number of anilines is 1. The maximum absolute atomic E-state index is 9.27. The molecule has 5 nitrogen and oxygen atoms in total. The number of nitrogens with one attached hydrogen (secondary N) is 1. The number of pyridine rings is 1. The highest BCUT2D eigenvalue weighted by Gasteiger charge is 2.06. The van der Waals surface area contributed by atoms with Gasteiger partial charge in [-0.15, -0.1) is 0 Å². The first kappa shape index (κ1) is 9.92. The molecule has 1 unspecified atom stereocenters. The van der Waals surface area contributed by atoms with Crippen LogP contribution in [0.25, 0.3) is 11.0 Å². The Balaban J connectivity index is 2.27. The molecule has 2 aromatic heterocycles. The molecule has 2 heterocycles. The normalized spacial score (nSPS) is 13.0. The molecular weight excluding hydrogens is 192 g/mol. The Bertz CT molecular complexity index is 451. The number of aliphatic hydroxyl groups is 1. The van der Waals surface area contributed by atoms with Gasteiger partial charge in [0.05, 0.1) is 12.3 Å². The van der Waals surface area contributed by atoms with Gasteiger partial charge in [0.25, 0.3) is 0 Å². The molecule has 15 heavy (non-hydrogen) atoms. The van der Waals surface area contributed by atoms with Crippen molar-refractivity contribution in [2.24, 2.45) is 0 Å². The van der Waals surface area contributed by atoms with Gasteiger partial charge in [-0.3, -0.25) is 5.10 Å². The average molecular weight is 206 g/mol. The third-order valence-electron chi connectivity index (χ3n) is 2.22. The van der Waals surface area contributed by atoms with E-state index in [9.17, 15) is 5.11 Å². The van der Waals surface area contributed by atoms with E-state index in [1.165, 1.54) is 0 Å². The Morgan fingerprint density at radius 1 is 1.53 bits per heavy atom. The second kappa shape index (κ2) is 3.86. The van der Waals surface area contributed by atoms with Crippen molar-refractivity contribution in [2.75, 3.05) is 18.5 Å². The zero-order valence-electron chi connectivity index (χ0n) is 8.81. The average Bonchev–Trinajstić information content (AvgIpc) is 2.62. The second-order valence-corrected chi connectivity index (χ2v) is 3.71. The number of hydrogen-bond acceptors (Lipinski definition) is 4. The monoisotopic (exact) mass is 206 g/mol. The lowest BCUT2D eigenvalue weighted by Gasteiger charge is -2.19. The van der Waals surface area contributed by atoms with E-state index in [0.29, 0.717) is 6.54 Å². The molecule has 0 saturated carbocycles. The summed E-state index contributed by atoms with van der Waals surface area (Å²) in [5, 5.41) is 17.0. The van der Waals surface area contributed by atoms with E-state index in [-0.39, 0.29) is 6.10 Å². The Labute approximate surface area is 87.7 Å². The summed E-state index contributed by atoms with van der Waals surface area (Å²) in [5.74, 6) is 0.827. The van der Waals surface area contributed by atoms with Crippen LogP contribution in [-0.2, 0) is 0 Å². The SMILES string of the molecule is CC(O)CN(C)c1ccc2cn[nH]c2n1. The van der Waals surface area contributed by atoms with Gasteiger partial charge in [0.1, 0.15) is 5.82 Å². The van der Waals surface area contributed by atoms with Gasteiger partial charge in [-0.05, 0) is 19.1 Å². The predicted molar refractivity (Wildman–Crippen MR) is 58.8 cm³/mol. The number of nitrogens with zero attached hydrogens (tertiary/aromatic N) is 3. The number of aliphatic hydroxyl groups excluding tert-OH is 1. The number of hydrogen-bond donors (Lipinski definition) is 2. The molecule has 2 N–H and O–H groups in total. The lowest BCUT2D eigenvalue weighted by Crippen LogP contribution is -2.27. The quantitative estimate of drug-likeness (QED) is 0.778. The minimum Gasteiger partial charge on any atom is -0.392 e. The van der Waals surface area contributed by atoms with Crippen molar-refractivity contribution in [2.45, 2.75) is 13.0 Å². The molecule has 1 atom stereocenters. The molecule has 0 aliphatic carbocycles. The van der Waals surface area contributed by atoms with Gasteiger partial charge in [0.2, 0.25) is 0 Å². The maximum Gasteiger partial charge on any atom is 0.157 e. The predicted octanol–water partition coefficient (Wildman–Crippen LogP) is 0.775. The molecule has 5 heteroatoms. The summed E-state index contributed by atoms with van der Waals surface area (Å²) in [4.78, 5) is 6.29. The summed E-state index contributed by atoms with van der Waals surface area (Å²) >= 11 is 0. The van der Waals surface area contributed by atoms with E-state index in [1.807, 2.05) is 24.1 Å². The summed E-state index contributed by atoms with van der Waals surface area (Å²) < 4.78 is 0. The largest absolute Gasteiger partial charge is 0.392 e. The zero-order chi connectivity index (χ0) is 10.8. The number of aromatic nitrogens is 3. The summed E-state index contributed by atoms with van der Waals surface area (Å²) in [6, 6.07) is 3.87. The lowest BCUT2D eigenvalue weighted by molar-refractivity contribution is 0.201. The number of fused-ring (bicyclic) bond motifs is 1. The minimum absolute atomic E-state index is 0.366. The van der Waals surface area contributed by atoms with E-state index in [0.717, 1.165) is 16.9 Å². The van der Waals surface area contributed by atoms with Crippen LogP contribution in [0.5, 0.6) is 0 Å². The van der Waals surface area contributed by atoms with Crippen LogP contribution in [0, 0.1) is 0 Å². The summed E-state index contributed by atoms with van der Waals surface area (Å²) in [5.41, 5.74) is 0.768. The van der Waals surface area contributed by atoms with Crippen LogP contribution in [-0.4, -0.2) is 40.0 Å². The molecule has 0 saturated heterocycles. The van der Waals surface area contributed by atoms with Crippen LogP contribution in [0.1, 0.15) is 6.92 Å². The standard InChI is InChI=1S/C10H14N4O/c1-7(15)6-14(2)9-4-3-8-5-11-13-10(8)12-9/h3-5,7,15H,6H2,1-2H3,(H,11,12,13). The second-order valence-electron chi connectivity index (χ2n) is 3.71. The van der Waals surface area contributed by atoms with E-state index >= 15 is 0 Å². The van der Waals surface area contributed by atoms with Gasteiger partial charge in [0, 0.05) is 19.0 Å². The smallest absolute Gasteiger partial charge is 0.157 e. The fourth-order valence-electron chi connectivity index (χ4n) is 1.52. The van der Waals surface area contributed by atoms with Crippen LogP contribution >= 0.6 is 0 Å². The van der Waals surface area contributed by atoms with Crippen LogP contribution in [0.3, 0.4) is 0 Å².